The van der Waals surface area contributed by atoms with Gasteiger partial charge in [-0.1, -0.05) is 12.1 Å². The van der Waals surface area contributed by atoms with E-state index in [4.69, 9.17) is 4.74 Å². The molecule has 1 amide bonds. The number of hydrogen-bond acceptors (Lipinski definition) is 3. The number of rotatable bonds is 6. The summed E-state index contributed by atoms with van der Waals surface area (Å²) in [6, 6.07) is 7.85. The first-order valence-corrected chi connectivity index (χ1v) is 5.30. The van der Waals surface area contributed by atoms with Crippen LogP contribution in [0.2, 0.25) is 0 Å². The number of carbonyl (C=O) groups excluding carboxylic acids is 1. The zero-order chi connectivity index (χ0) is 11.8. The molecule has 0 heterocycles. The van der Waals surface area contributed by atoms with Gasteiger partial charge in [0.05, 0.1) is 13.7 Å². The van der Waals surface area contributed by atoms with E-state index in [1.807, 2.05) is 24.3 Å². The van der Waals surface area contributed by atoms with Crippen LogP contribution in [0.15, 0.2) is 24.3 Å². The molecule has 88 valence electrons. The lowest BCUT2D eigenvalue weighted by atomic mass is 10.1. The summed E-state index contributed by atoms with van der Waals surface area (Å²) in [6.07, 6.45) is 0.833. The first kappa shape index (κ1) is 12.5. The van der Waals surface area contributed by atoms with Crippen LogP contribution in [0, 0.1) is 0 Å². The van der Waals surface area contributed by atoms with Crippen molar-refractivity contribution in [2.75, 3.05) is 27.2 Å². The van der Waals surface area contributed by atoms with Crippen LogP contribution < -0.4 is 15.4 Å². The second kappa shape index (κ2) is 6.85. The highest BCUT2D eigenvalue weighted by Crippen LogP contribution is 2.11. The molecule has 1 rings (SSSR count). The van der Waals surface area contributed by atoms with Gasteiger partial charge in [-0.3, -0.25) is 4.79 Å². The quantitative estimate of drug-likeness (QED) is 0.740. The molecule has 1 aromatic rings. The molecule has 0 saturated carbocycles. The topological polar surface area (TPSA) is 50.4 Å². The molecule has 0 spiro atoms. The van der Waals surface area contributed by atoms with Crippen molar-refractivity contribution in [3.05, 3.63) is 29.8 Å². The predicted molar refractivity (Wildman–Crippen MR) is 63.6 cm³/mol. The number of amides is 1. The molecule has 16 heavy (non-hydrogen) atoms. The number of benzene rings is 1. The molecule has 0 aromatic heterocycles. The Hall–Kier alpha value is -1.55. The Morgan fingerprint density at radius 2 is 2.00 bits per heavy atom. The molecule has 0 aliphatic carbocycles. The van der Waals surface area contributed by atoms with Gasteiger partial charge >= 0.3 is 0 Å². The standard InChI is InChI=1S/C12H18N2O2/c1-13-9-12(15)14-8-7-10-3-5-11(16-2)6-4-10/h3-6,13H,7-9H2,1-2H3,(H,14,15). The molecule has 1 aromatic carbocycles. The summed E-state index contributed by atoms with van der Waals surface area (Å²) < 4.78 is 5.07. The van der Waals surface area contributed by atoms with Gasteiger partial charge in [-0.2, -0.15) is 0 Å². The number of carbonyl (C=O) groups is 1. The zero-order valence-corrected chi connectivity index (χ0v) is 9.75. The molecule has 0 bridgehead atoms. The van der Waals surface area contributed by atoms with Crippen LogP contribution in [-0.4, -0.2) is 33.2 Å². The van der Waals surface area contributed by atoms with Gasteiger partial charge in [0.25, 0.3) is 0 Å². The van der Waals surface area contributed by atoms with E-state index in [1.165, 1.54) is 5.56 Å². The number of nitrogens with one attached hydrogen (secondary N) is 2. The third-order valence-electron chi connectivity index (χ3n) is 2.23. The summed E-state index contributed by atoms with van der Waals surface area (Å²) in [5.41, 5.74) is 1.19. The molecule has 2 N–H and O–H groups in total. The summed E-state index contributed by atoms with van der Waals surface area (Å²) in [5, 5.41) is 5.63. The van der Waals surface area contributed by atoms with E-state index in [0.29, 0.717) is 13.1 Å². The van der Waals surface area contributed by atoms with Gasteiger partial charge in [-0.15, -0.1) is 0 Å². The van der Waals surface area contributed by atoms with Gasteiger partial charge in [0, 0.05) is 6.54 Å². The minimum absolute atomic E-state index is 0.0241. The van der Waals surface area contributed by atoms with E-state index in [9.17, 15) is 4.79 Å². The van der Waals surface area contributed by atoms with Crippen LogP contribution in [0.3, 0.4) is 0 Å². The van der Waals surface area contributed by atoms with Gasteiger partial charge in [0.2, 0.25) is 5.91 Å². The van der Waals surface area contributed by atoms with Crippen molar-refractivity contribution in [1.29, 1.82) is 0 Å². The number of hydrogen-bond donors (Lipinski definition) is 2. The highest BCUT2D eigenvalue weighted by Gasteiger charge is 1.98. The van der Waals surface area contributed by atoms with Crippen LogP contribution in [-0.2, 0) is 11.2 Å². The molecular weight excluding hydrogens is 204 g/mol. The normalized spacial score (nSPS) is 9.88. The molecule has 0 saturated heterocycles. The Morgan fingerprint density at radius 1 is 1.31 bits per heavy atom. The Balaban J connectivity index is 2.29. The van der Waals surface area contributed by atoms with E-state index in [-0.39, 0.29) is 5.91 Å². The maximum Gasteiger partial charge on any atom is 0.233 e. The highest BCUT2D eigenvalue weighted by atomic mass is 16.5. The summed E-state index contributed by atoms with van der Waals surface area (Å²) in [5.74, 6) is 0.874. The first-order chi connectivity index (χ1) is 7.76. The van der Waals surface area contributed by atoms with Crippen LogP contribution in [0.5, 0.6) is 5.75 Å². The fourth-order valence-electron chi connectivity index (χ4n) is 1.36. The lowest BCUT2D eigenvalue weighted by Gasteiger charge is -2.05. The van der Waals surface area contributed by atoms with Gasteiger partial charge in [-0.25, -0.2) is 0 Å². The third-order valence-corrected chi connectivity index (χ3v) is 2.23. The maximum absolute atomic E-state index is 11.1. The predicted octanol–water partition coefficient (Wildman–Crippen LogP) is 0.573. The largest absolute Gasteiger partial charge is 0.497 e. The number of likely N-dealkylation sites (N-methyl/N-ethyl adjacent to an activating group) is 1. The van der Waals surface area contributed by atoms with E-state index in [2.05, 4.69) is 10.6 Å². The molecule has 0 aliphatic rings. The second-order valence-corrected chi connectivity index (χ2v) is 3.48. The van der Waals surface area contributed by atoms with E-state index in [1.54, 1.807) is 14.2 Å². The van der Waals surface area contributed by atoms with Gasteiger partial charge < -0.3 is 15.4 Å². The molecule has 0 fully saturated rings. The molecule has 4 nitrogen and oxygen atoms in total. The Labute approximate surface area is 96.0 Å². The Kier molecular flexibility index (Phi) is 5.36. The lowest BCUT2D eigenvalue weighted by Crippen LogP contribution is -2.33. The minimum atomic E-state index is 0.0241. The van der Waals surface area contributed by atoms with Gasteiger partial charge in [0.15, 0.2) is 0 Å². The van der Waals surface area contributed by atoms with Crippen molar-refractivity contribution in [2.24, 2.45) is 0 Å². The Bertz CT molecular complexity index is 322. The summed E-state index contributed by atoms with van der Waals surface area (Å²) >= 11 is 0. The second-order valence-electron chi connectivity index (χ2n) is 3.48. The summed E-state index contributed by atoms with van der Waals surface area (Å²) in [6.45, 7) is 1.02. The van der Waals surface area contributed by atoms with Crippen LogP contribution in [0.1, 0.15) is 5.56 Å². The van der Waals surface area contributed by atoms with Crippen LogP contribution in [0.4, 0.5) is 0 Å². The Morgan fingerprint density at radius 3 is 2.56 bits per heavy atom. The third kappa shape index (κ3) is 4.31. The van der Waals surface area contributed by atoms with Gasteiger partial charge in [0.1, 0.15) is 5.75 Å². The molecule has 0 aliphatic heterocycles. The van der Waals surface area contributed by atoms with Crippen LogP contribution >= 0.6 is 0 Å². The molecule has 4 heteroatoms. The van der Waals surface area contributed by atoms with Crippen molar-refractivity contribution >= 4 is 5.91 Å². The molecule has 0 atom stereocenters. The van der Waals surface area contributed by atoms with E-state index < -0.39 is 0 Å². The van der Waals surface area contributed by atoms with Crippen molar-refractivity contribution in [3.63, 3.8) is 0 Å². The van der Waals surface area contributed by atoms with E-state index in [0.717, 1.165) is 12.2 Å². The first-order valence-electron chi connectivity index (χ1n) is 5.30. The molecule has 0 unspecified atom stereocenters. The number of ether oxygens (including phenoxy) is 1. The SMILES string of the molecule is CNCC(=O)NCCc1ccc(OC)cc1. The fraction of sp³-hybridized carbons (Fsp3) is 0.417. The lowest BCUT2D eigenvalue weighted by molar-refractivity contribution is -0.120. The van der Waals surface area contributed by atoms with E-state index >= 15 is 0 Å². The summed E-state index contributed by atoms with van der Waals surface area (Å²) in [7, 11) is 3.40. The average molecular weight is 222 g/mol. The molecule has 0 radical (unpaired) electrons. The van der Waals surface area contributed by atoms with Crippen molar-refractivity contribution in [2.45, 2.75) is 6.42 Å². The van der Waals surface area contributed by atoms with Crippen molar-refractivity contribution in [1.82, 2.24) is 10.6 Å². The average Bonchev–Trinajstić information content (AvgIpc) is 2.30. The maximum atomic E-state index is 11.1. The molecular formula is C12H18N2O2. The summed E-state index contributed by atoms with van der Waals surface area (Å²) in [4.78, 5) is 11.1. The van der Waals surface area contributed by atoms with Gasteiger partial charge in [-0.05, 0) is 31.2 Å². The van der Waals surface area contributed by atoms with Crippen molar-refractivity contribution < 1.29 is 9.53 Å². The monoisotopic (exact) mass is 222 g/mol. The van der Waals surface area contributed by atoms with Crippen molar-refractivity contribution in [3.8, 4) is 5.75 Å². The number of methoxy groups -OCH3 is 1. The smallest absolute Gasteiger partial charge is 0.233 e. The van der Waals surface area contributed by atoms with Crippen LogP contribution in [0.25, 0.3) is 0 Å². The highest BCUT2D eigenvalue weighted by molar-refractivity contribution is 5.77. The fourth-order valence-corrected chi connectivity index (χ4v) is 1.36. The minimum Gasteiger partial charge on any atom is -0.497 e. The zero-order valence-electron chi connectivity index (χ0n) is 9.75.